The molecule has 0 radical (unpaired) electrons. The molecule has 28 nitrogen and oxygen atoms in total. The van der Waals surface area contributed by atoms with Gasteiger partial charge in [-0.2, -0.15) is 0 Å². The third kappa shape index (κ3) is 21.2. The fourth-order valence-electron chi connectivity index (χ4n) is 6.50. The van der Waals surface area contributed by atoms with Crippen molar-refractivity contribution >= 4 is 98.6 Å². The van der Waals surface area contributed by atoms with Crippen molar-refractivity contribution in [2.45, 2.75) is 107 Å². The summed E-state index contributed by atoms with van der Waals surface area (Å²) in [6.07, 6.45) is -0.920. The van der Waals surface area contributed by atoms with Crippen LogP contribution in [0.1, 0.15) is 64.7 Å². The number of hydrogen-bond acceptors (Lipinski definition) is 16. The highest BCUT2D eigenvalue weighted by atomic mass is 33.1. The van der Waals surface area contributed by atoms with Gasteiger partial charge in [-0.05, 0) is 51.5 Å². The predicted octanol–water partition coefficient (Wildman–Crippen LogP) is -6.85. The van der Waals surface area contributed by atoms with Crippen LogP contribution >= 0.6 is 21.6 Å². The average Bonchev–Trinajstić information content (AvgIpc) is 3.75. The molecule has 2 heterocycles. The first-order valence-corrected chi connectivity index (χ1v) is 23.5. The minimum Gasteiger partial charge on any atom is -0.481 e. The lowest BCUT2D eigenvalue weighted by Gasteiger charge is -2.27. The van der Waals surface area contributed by atoms with E-state index in [-0.39, 0.29) is 69.2 Å². The van der Waals surface area contributed by atoms with Crippen LogP contribution in [-0.2, 0) is 57.5 Å². The van der Waals surface area contributed by atoms with E-state index in [0.29, 0.717) is 12.8 Å². The van der Waals surface area contributed by atoms with Gasteiger partial charge in [-0.15, -0.1) is 0 Å². The Labute approximate surface area is 391 Å². The van der Waals surface area contributed by atoms with E-state index < -0.39 is 139 Å². The van der Waals surface area contributed by atoms with E-state index in [9.17, 15) is 67.7 Å². The molecule has 7 unspecified atom stereocenters. The number of carbonyl (C=O) groups excluding carboxylic acids is 10. The lowest BCUT2D eigenvalue weighted by molar-refractivity contribution is -0.143. The summed E-state index contributed by atoms with van der Waals surface area (Å²) in [5, 5.41) is 38.0. The number of nitrogens with one attached hydrogen (secondary N) is 8. The van der Waals surface area contributed by atoms with Crippen LogP contribution in [0.3, 0.4) is 0 Å². The van der Waals surface area contributed by atoms with Crippen LogP contribution in [0.25, 0.3) is 0 Å². The van der Waals surface area contributed by atoms with Crippen LogP contribution in [0.4, 0.5) is 0 Å². The van der Waals surface area contributed by atoms with Crippen molar-refractivity contribution in [3.63, 3.8) is 0 Å². The van der Waals surface area contributed by atoms with Crippen molar-refractivity contribution in [1.82, 2.24) is 47.4 Å². The second kappa shape index (κ2) is 29.3. The number of unbranched alkanes of at least 4 members (excludes halogenated alkanes) is 1. The molecule has 0 saturated carbocycles. The Kier molecular flexibility index (Phi) is 24.8. The van der Waals surface area contributed by atoms with Gasteiger partial charge in [-0.25, -0.2) is 0 Å². The molecule has 2 aliphatic heterocycles. The van der Waals surface area contributed by atoms with Crippen LogP contribution < -0.4 is 65.5 Å². The van der Waals surface area contributed by atoms with Gasteiger partial charge in [-0.1, -0.05) is 21.6 Å². The highest BCUT2D eigenvalue weighted by Crippen LogP contribution is 2.24. The van der Waals surface area contributed by atoms with Gasteiger partial charge in [-0.3, -0.25) is 62.5 Å². The highest BCUT2D eigenvalue weighted by molar-refractivity contribution is 8.76. The lowest BCUT2D eigenvalue weighted by Crippen LogP contribution is -2.58. The molecule has 0 aromatic carbocycles. The summed E-state index contributed by atoms with van der Waals surface area (Å²) in [5.74, 6) is -13.1. The van der Waals surface area contributed by atoms with Crippen molar-refractivity contribution in [1.29, 1.82) is 0 Å². The summed E-state index contributed by atoms with van der Waals surface area (Å²) in [6.45, 7) is -0.172. The van der Waals surface area contributed by atoms with Crippen LogP contribution in [0.15, 0.2) is 4.99 Å². The number of hydrogen-bond donors (Lipinski definition) is 14. The van der Waals surface area contributed by atoms with E-state index >= 15 is 0 Å². The molecule has 2 aliphatic rings. The third-order valence-electron chi connectivity index (χ3n) is 9.82. The Morgan fingerprint density at radius 1 is 0.701 bits per heavy atom. The Hall–Kier alpha value is -6.43. The maximum Gasteiger partial charge on any atom is 0.305 e. The molecule has 67 heavy (non-hydrogen) atoms. The smallest absolute Gasteiger partial charge is 0.305 e. The summed E-state index contributed by atoms with van der Waals surface area (Å²) in [7, 11) is 1.84. The normalized spacial score (nSPS) is 24.8. The largest absolute Gasteiger partial charge is 0.481 e. The molecular weight excluding hydrogens is 929 g/mol. The van der Waals surface area contributed by atoms with Gasteiger partial charge in [0.15, 0.2) is 5.96 Å². The van der Waals surface area contributed by atoms with Crippen LogP contribution in [-0.4, -0.2) is 179 Å². The van der Waals surface area contributed by atoms with Crippen molar-refractivity contribution in [2.24, 2.45) is 27.9 Å². The van der Waals surface area contributed by atoms with Gasteiger partial charge < -0.3 is 80.6 Å². The summed E-state index contributed by atoms with van der Waals surface area (Å²) < 4.78 is 0. The van der Waals surface area contributed by atoms with E-state index in [1.165, 1.54) is 0 Å². The molecule has 0 spiro atoms. The number of nitrogens with two attached hydrogens (primary N) is 4. The zero-order valence-corrected chi connectivity index (χ0v) is 38.3. The fraction of sp³-hybridized carbons (Fsp3) is 0.649. The van der Waals surface area contributed by atoms with Crippen molar-refractivity contribution in [3.05, 3.63) is 0 Å². The number of guanidine groups is 1. The lowest BCUT2D eigenvalue weighted by atomic mass is 10.1. The maximum atomic E-state index is 13.6. The zero-order chi connectivity index (χ0) is 50.2. The molecule has 2 fully saturated rings. The Balaban J connectivity index is 2.54. The van der Waals surface area contributed by atoms with Crippen molar-refractivity contribution in [3.8, 4) is 0 Å². The number of aliphatic imine (C=N–C) groups is 1. The molecule has 374 valence electrons. The molecule has 10 amide bonds. The molecule has 0 aliphatic carbocycles. The van der Waals surface area contributed by atoms with Crippen molar-refractivity contribution in [2.75, 3.05) is 44.2 Å². The third-order valence-corrected chi connectivity index (χ3v) is 12.2. The number of aliphatic carboxylic acids is 2. The van der Waals surface area contributed by atoms with Crippen molar-refractivity contribution < 1.29 is 67.7 Å². The first-order valence-electron chi connectivity index (χ1n) is 21.0. The van der Waals surface area contributed by atoms with E-state index in [1.807, 2.05) is 0 Å². The quantitative estimate of drug-likeness (QED) is 0.0333. The van der Waals surface area contributed by atoms with Crippen LogP contribution in [0.5, 0.6) is 0 Å². The second-order valence-corrected chi connectivity index (χ2v) is 17.8. The highest BCUT2D eigenvalue weighted by Gasteiger charge is 2.38. The van der Waals surface area contributed by atoms with Crippen LogP contribution in [0.2, 0.25) is 0 Å². The Bertz CT molecular complexity index is 1870. The Morgan fingerprint density at radius 2 is 1.25 bits per heavy atom. The minimum atomic E-state index is -1.79. The second-order valence-electron chi connectivity index (χ2n) is 15.2. The monoisotopic (exact) mass is 988 g/mol. The molecule has 2 saturated heterocycles. The Morgan fingerprint density at radius 3 is 1.84 bits per heavy atom. The van der Waals surface area contributed by atoms with E-state index in [0.717, 1.165) is 33.4 Å². The summed E-state index contributed by atoms with van der Waals surface area (Å²) in [6, 6.07) is -10.3. The number of nitrogens with zero attached hydrogens (tertiary/aromatic N) is 2. The minimum absolute atomic E-state index is 0.0115. The van der Waals surface area contributed by atoms with Gasteiger partial charge in [0.25, 0.3) is 0 Å². The molecule has 2 rings (SSSR count). The number of carboxylic acid groups (broad SMARTS) is 2. The first kappa shape index (κ1) is 56.7. The van der Waals surface area contributed by atoms with E-state index in [2.05, 4.69) is 47.5 Å². The number of primary amides is 1. The summed E-state index contributed by atoms with van der Waals surface area (Å²) >= 11 is 0. The van der Waals surface area contributed by atoms with Gasteiger partial charge in [0, 0.05) is 31.5 Å². The SMILES string of the molecule is CC(=O)NC1CSSCC(C(N)=O)NC(=O)C(CC(=O)O)NC(=O)C2CCCN2C(=O)CNC(=O)C(CCCCN)NC(=O)C(CC(=O)O)NC(=O)CNC(=O)C(CCCN=C(N)N)NC1=O. The number of amides is 10. The maximum absolute atomic E-state index is 13.6. The van der Waals surface area contributed by atoms with E-state index in [4.69, 9.17) is 22.9 Å². The summed E-state index contributed by atoms with van der Waals surface area (Å²) in [5.41, 5.74) is 21.9. The molecule has 0 aromatic rings. The molecule has 30 heteroatoms. The van der Waals surface area contributed by atoms with Gasteiger partial charge in [0.2, 0.25) is 59.1 Å². The fourth-order valence-corrected chi connectivity index (χ4v) is 8.84. The van der Waals surface area contributed by atoms with Gasteiger partial charge >= 0.3 is 11.9 Å². The standard InChI is InChI=1S/C37H60N14O14S2/c1-18(52)45-24-17-67-66-16-23(30(39)59)50-34(63)22(13-29(57)58)49-36(65)25-8-5-11-51(25)27(54)15-44-32(61)19(6-2-3-9-38)47-33(62)21(12-28(55)56)46-26(53)14-43-31(60)20(48-35(24)64)7-4-10-42-37(40)41/h19-25H,2-17,38H2,1H3,(H2,39,59)(H,43,60)(H,44,61)(H,45,52)(H,46,53)(H,47,62)(H,48,64)(H,49,65)(H,50,63)(H,55,56)(H,57,58)(H4,40,41,42). The molecule has 0 bridgehead atoms. The first-order chi connectivity index (χ1) is 31.6. The molecule has 7 atom stereocenters. The average molecular weight is 989 g/mol. The predicted molar refractivity (Wildman–Crippen MR) is 239 cm³/mol. The van der Waals surface area contributed by atoms with E-state index in [1.54, 1.807) is 0 Å². The number of fused-ring (bicyclic) bond motifs is 1. The number of rotatable bonds is 14. The number of carboxylic acids is 2. The summed E-state index contributed by atoms with van der Waals surface area (Å²) in [4.78, 5) is 160. The zero-order valence-electron chi connectivity index (χ0n) is 36.7. The van der Waals surface area contributed by atoms with Gasteiger partial charge in [0.05, 0.1) is 25.9 Å². The van der Waals surface area contributed by atoms with Gasteiger partial charge in [0.1, 0.15) is 42.3 Å². The molecular formula is C37H60N14O14S2. The number of carbonyl (C=O) groups is 12. The van der Waals surface area contributed by atoms with Crippen LogP contribution in [0, 0.1) is 0 Å². The molecule has 18 N–H and O–H groups in total. The molecule has 0 aromatic heterocycles. The topological polar surface area (TPSA) is 461 Å².